The highest BCUT2D eigenvalue weighted by atomic mass is 32.1. The molecule has 1 atom stereocenters. The molecule has 0 aliphatic heterocycles. The number of hydrogen-bond acceptors (Lipinski definition) is 5. The van der Waals surface area contributed by atoms with E-state index in [0.717, 1.165) is 11.0 Å². The Morgan fingerprint density at radius 2 is 2.12 bits per heavy atom. The summed E-state index contributed by atoms with van der Waals surface area (Å²) in [6, 6.07) is 0.172. The Hall–Kier alpha value is -1.17. The minimum absolute atomic E-state index is 0.172. The molecule has 0 radical (unpaired) electrons. The van der Waals surface area contributed by atoms with E-state index in [4.69, 9.17) is 11.1 Å². The maximum Gasteiger partial charge on any atom is 0.205 e. The third kappa shape index (κ3) is 3.16. The van der Waals surface area contributed by atoms with Crippen molar-refractivity contribution in [1.29, 1.82) is 5.41 Å². The Morgan fingerprint density at radius 3 is 2.56 bits per heavy atom. The zero-order chi connectivity index (χ0) is 12.3. The van der Waals surface area contributed by atoms with Gasteiger partial charge in [0.2, 0.25) is 5.13 Å². The van der Waals surface area contributed by atoms with Crippen LogP contribution >= 0.6 is 11.5 Å². The third-order valence-electron chi connectivity index (χ3n) is 2.43. The van der Waals surface area contributed by atoms with Crippen molar-refractivity contribution in [3.8, 4) is 0 Å². The number of anilines is 1. The minimum atomic E-state index is 0.172. The van der Waals surface area contributed by atoms with Crippen LogP contribution in [-0.2, 0) is 0 Å². The van der Waals surface area contributed by atoms with Crippen LogP contribution in [0.1, 0.15) is 38.9 Å². The maximum atomic E-state index is 7.27. The number of amidine groups is 1. The second-order valence-corrected chi connectivity index (χ2v) is 5.01. The topological polar surface area (TPSA) is 78.9 Å². The lowest BCUT2D eigenvalue weighted by Crippen LogP contribution is -2.32. The van der Waals surface area contributed by atoms with Gasteiger partial charge in [-0.25, -0.2) is 4.98 Å². The molecule has 0 fully saturated rings. The predicted octanol–water partition coefficient (Wildman–Crippen LogP) is 1.81. The fourth-order valence-corrected chi connectivity index (χ4v) is 2.12. The molecule has 5 nitrogen and oxygen atoms in total. The quantitative estimate of drug-likeness (QED) is 0.608. The molecule has 1 aromatic rings. The number of nitrogens with zero attached hydrogens (tertiary/aromatic N) is 3. The molecule has 0 bridgehead atoms. The average Bonchev–Trinajstić information content (AvgIpc) is 2.64. The molecule has 0 spiro atoms. The molecular formula is C10H19N5S. The molecule has 90 valence electrons. The number of rotatable bonds is 5. The summed E-state index contributed by atoms with van der Waals surface area (Å²) in [7, 11) is 1.96. The number of nitrogens with one attached hydrogen (secondary N) is 1. The first kappa shape index (κ1) is 12.9. The van der Waals surface area contributed by atoms with Crippen LogP contribution in [0.15, 0.2) is 0 Å². The molecule has 0 saturated carbocycles. The van der Waals surface area contributed by atoms with E-state index in [0.29, 0.717) is 12.3 Å². The standard InChI is InChI=1S/C10H19N5S/c1-6(2)9-13-10(16-14-9)15(4)7(3)5-8(11)12/h6-7H,5H2,1-4H3,(H3,11,12). The van der Waals surface area contributed by atoms with Crippen molar-refractivity contribution >= 4 is 22.5 Å². The molecule has 0 amide bonds. The fraction of sp³-hybridized carbons (Fsp3) is 0.700. The number of hydrogen-bond donors (Lipinski definition) is 2. The van der Waals surface area contributed by atoms with Crippen molar-refractivity contribution in [3.05, 3.63) is 5.82 Å². The van der Waals surface area contributed by atoms with Gasteiger partial charge in [0.1, 0.15) is 5.82 Å². The van der Waals surface area contributed by atoms with Crippen molar-refractivity contribution in [1.82, 2.24) is 9.36 Å². The Balaban J connectivity index is 2.71. The highest BCUT2D eigenvalue weighted by molar-refractivity contribution is 7.09. The first-order valence-electron chi connectivity index (χ1n) is 5.31. The van der Waals surface area contributed by atoms with Crippen LogP contribution in [0.25, 0.3) is 0 Å². The Bertz CT molecular complexity index is 360. The monoisotopic (exact) mass is 241 g/mol. The molecule has 1 heterocycles. The summed E-state index contributed by atoms with van der Waals surface area (Å²) < 4.78 is 4.30. The molecule has 3 N–H and O–H groups in total. The molecular weight excluding hydrogens is 222 g/mol. The fourth-order valence-electron chi connectivity index (χ4n) is 1.25. The first-order chi connectivity index (χ1) is 7.41. The van der Waals surface area contributed by atoms with Gasteiger partial charge < -0.3 is 10.6 Å². The van der Waals surface area contributed by atoms with Gasteiger partial charge in [-0.3, -0.25) is 5.41 Å². The average molecular weight is 241 g/mol. The summed E-state index contributed by atoms with van der Waals surface area (Å²) >= 11 is 1.39. The zero-order valence-corrected chi connectivity index (χ0v) is 11.0. The van der Waals surface area contributed by atoms with Gasteiger partial charge in [-0.1, -0.05) is 13.8 Å². The van der Waals surface area contributed by atoms with E-state index in [1.807, 2.05) is 18.9 Å². The second-order valence-electron chi connectivity index (χ2n) is 4.28. The molecule has 16 heavy (non-hydrogen) atoms. The first-order valence-corrected chi connectivity index (χ1v) is 6.08. The van der Waals surface area contributed by atoms with Gasteiger partial charge >= 0.3 is 0 Å². The highest BCUT2D eigenvalue weighted by Gasteiger charge is 2.16. The molecule has 0 aromatic carbocycles. The largest absolute Gasteiger partial charge is 0.388 e. The summed E-state index contributed by atoms with van der Waals surface area (Å²) in [5.41, 5.74) is 5.39. The molecule has 0 saturated heterocycles. The summed E-state index contributed by atoms with van der Waals surface area (Å²) in [6.45, 7) is 6.17. The van der Waals surface area contributed by atoms with Crippen molar-refractivity contribution < 1.29 is 0 Å². The lowest BCUT2D eigenvalue weighted by molar-refractivity contribution is 0.701. The summed E-state index contributed by atoms with van der Waals surface area (Å²) in [6.07, 6.45) is 0.549. The summed E-state index contributed by atoms with van der Waals surface area (Å²) in [5, 5.41) is 8.16. The molecule has 0 aliphatic carbocycles. The van der Waals surface area contributed by atoms with Crippen LogP contribution in [0.2, 0.25) is 0 Å². The number of nitrogens with two attached hydrogens (primary N) is 1. The van der Waals surface area contributed by atoms with Gasteiger partial charge in [0, 0.05) is 37.0 Å². The van der Waals surface area contributed by atoms with Gasteiger partial charge in [0.25, 0.3) is 0 Å². The Kier molecular flexibility index (Phi) is 4.23. The molecule has 6 heteroatoms. The van der Waals surface area contributed by atoms with Crippen LogP contribution < -0.4 is 10.6 Å². The van der Waals surface area contributed by atoms with E-state index in [-0.39, 0.29) is 11.9 Å². The van der Waals surface area contributed by atoms with E-state index in [1.165, 1.54) is 11.5 Å². The van der Waals surface area contributed by atoms with E-state index in [1.54, 1.807) is 0 Å². The van der Waals surface area contributed by atoms with Crippen LogP contribution in [0.5, 0.6) is 0 Å². The van der Waals surface area contributed by atoms with Gasteiger partial charge in [0.05, 0.1) is 5.84 Å². The van der Waals surface area contributed by atoms with Gasteiger partial charge in [-0.05, 0) is 6.92 Å². The van der Waals surface area contributed by atoms with Gasteiger partial charge in [-0.2, -0.15) is 4.37 Å². The van der Waals surface area contributed by atoms with E-state index in [9.17, 15) is 0 Å². The lowest BCUT2D eigenvalue weighted by atomic mass is 10.2. The van der Waals surface area contributed by atoms with E-state index < -0.39 is 0 Å². The van der Waals surface area contributed by atoms with Crippen LogP contribution in [0, 0.1) is 5.41 Å². The van der Waals surface area contributed by atoms with Crippen molar-refractivity contribution in [3.63, 3.8) is 0 Å². The summed E-state index contributed by atoms with van der Waals surface area (Å²) in [4.78, 5) is 6.48. The van der Waals surface area contributed by atoms with Crippen LogP contribution in [0.4, 0.5) is 5.13 Å². The normalized spacial score (nSPS) is 12.8. The second kappa shape index (κ2) is 5.25. The highest BCUT2D eigenvalue weighted by Crippen LogP contribution is 2.22. The SMILES string of the molecule is CC(C)c1nsc(N(C)C(C)CC(=N)N)n1. The zero-order valence-electron chi connectivity index (χ0n) is 10.2. The van der Waals surface area contributed by atoms with Crippen LogP contribution in [-0.4, -0.2) is 28.3 Å². The maximum absolute atomic E-state index is 7.27. The predicted molar refractivity (Wildman–Crippen MR) is 68.4 cm³/mol. The molecule has 1 unspecified atom stereocenters. The van der Waals surface area contributed by atoms with E-state index in [2.05, 4.69) is 23.2 Å². The molecule has 0 aliphatic rings. The summed E-state index contributed by atoms with van der Waals surface area (Å²) in [5.74, 6) is 1.43. The molecule has 1 rings (SSSR count). The van der Waals surface area contributed by atoms with Crippen molar-refractivity contribution in [2.45, 2.75) is 39.2 Å². The van der Waals surface area contributed by atoms with Crippen molar-refractivity contribution in [2.24, 2.45) is 5.73 Å². The van der Waals surface area contributed by atoms with Gasteiger partial charge in [0.15, 0.2) is 0 Å². The lowest BCUT2D eigenvalue weighted by Gasteiger charge is -2.23. The van der Waals surface area contributed by atoms with Gasteiger partial charge in [-0.15, -0.1) is 0 Å². The minimum Gasteiger partial charge on any atom is -0.388 e. The Morgan fingerprint density at radius 1 is 1.50 bits per heavy atom. The smallest absolute Gasteiger partial charge is 0.205 e. The van der Waals surface area contributed by atoms with Crippen molar-refractivity contribution in [2.75, 3.05) is 11.9 Å². The third-order valence-corrected chi connectivity index (χ3v) is 3.25. The van der Waals surface area contributed by atoms with E-state index >= 15 is 0 Å². The van der Waals surface area contributed by atoms with Crippen LogP contribution in [0.3, 0.4) is 0 Å². The number of aromatic nitrogens is 2. The molecule has 1 aromatic heterocycles. The Labute approximate surface area is 100 Å².